The van der Waals surface area contributed by atoms with Crippen LogP contribution in [0.25, 0.3) is 0 Å². The van der Waals surface area contributed by atoms with E-state index in [1.807, 2.05) is 24.3 Å². The summed E-state index contributed by atoms with van der Waals surface area (Å²) in [6, 6.07) is 14.6. The van der Waals surface area contributed by atoms with Crippen LogP contribution in [0.3, 0.4) is 0 Å². The van der Waals surface area contributed by atoms with Crippen molar-refractivity contribution in [1.29, 1.82) is 0 Å². The van der Waals surface area contributed by atoms with Crippen LogP contribution < -0.4 is 16.0 Å². The maximum absolute atomic E-state index is 12.5. The van der Waals surface area contributed by atoms with Gasteiger partial charge in [-0.15, -0.1) is 11.8 Å². The molecule has 30 heavy (non-hydrogen) atoms. The zero-order valence-corrected chi connectivity index (χ0v) is 17.9. The van der Waals surface area contributed by atoms with Crippen LogP contribution in [0.15, 0.2) is 53.4 Å². The number of nitrogens with zero attached hydrogens (tertiary/aromatic N) is 2. The topological polar surface area (TPSA) is 95.7 Å². The third-order valence-corrected chi connectivity index (χ3v) is 6.04. The van der Waals surface area contributed by atoms with Gasteiger partial charge < -0.3 is 20.9 Å². The van der Waals surface area contributed by atoms with Gasteiger partial charge in [0.15, 0.2) is 0 Å². The quantitative estimate of drug-likeness (QED) is 0.634. The molecule has 2 aromatic rings. The van der Waals surface area contributed by atoms with Crippen molar-refractivity contribution in [3.63, 3.8) is 0 Å². The molecular weight excluding hydrogens is 424 g/mol. The summed E-state index contributed by atoms with van der Waals surface area (Å²) in [5, 5.41) is 3.37. The highest BCUT2D eigenvalue weighted by molar-refractivity contribution is 8.00. The Morgan fingerprint density at radius 1 is 1.03 bits per heavy atom. The van der Waals surface area contributed by atoms with Gasteiger partial charge in [0.05, 0.1) is 17.9 Å². The Balaban J connectivity index is 1.50. The van der Waals surface area contributed by atoms with Crippen LogP contribution >= 0.6 is 23.4 Å². The number of thioether (sulfide) groups is 1. The van der Waals surface area contributed by atoms with E-state index in [9.17, 15) is 14.4 Å². The summed E-state index contributed by atoms with van der Waals surface area (Å²) in [6.07, 6.45) is 0. The first-order valence-electron chi connectivity index (χ1n) is 9.50. The molecule has 3 amide bonds. The molecule has 1 saturated heterocycles. The predicted molar refractivity (Wildman–Crippen MR) is 119 cm³/mol. The minimum Gasteiger partial charge on any atom is -0.369 e. The van der Waals surface area contributed by atoms with Gasteiger partial charge in [-0.1, -0.05) is 29.8 Å². The number of piperazine rings is 1. The fraction of sp³-hybridized carbons (Fsp3) is 0.286. The highest BCUT2D eigenvalue weighted by Gasteiger charge is 2.22. The van der Waals surface area contributed by atoms with Crippen molar-refractivity contribution in [1.82, 2.24) is 10.2 Å². The van der Waals surface area contributed by atoms with Crippen molar-refractivity contribution in [3.05, 3.63) is 59.1 Å². The van der Waals surface area contributed by atoms with Crippen LogP contribution in [0, 0.1) is 0 Å². The summed E-state index contributed by atoms with van der Waals surface area (Å²) in [5.74, 6) is -0.854. The first-order valence-corrected chi connectivity index (χ1v) is 10.9. The third kappa shape index (κ3) is 5.90. The minimum atomic E-state index is -0.456. The van der Waals surface area contributed by atoms with Gasteiger partial charge >= 0.3 is 0 Å². The summed E-state index contributed by atoms with van der Waals surface area (Å²) in [4.78, 5) is 40.7. The second kappa shape index (κ2) is 10.4. The molecule has 1 fully saturated rings. The smallest absolute Gasteiger partial charge is 0.252 e. The summed E-state index contributed by atoms with van der Waals surface area (Å²) < 4.78 is 0. The molecule has 158 valence electrons. The van der Waals surface area contributed by atoms with Crippen molar-refractivity contribution in [2.45, 2.75) is 4.90 Å². The minimum absolute atomic E-state index is 0.0786. The summed E-state index contributed by atoms with van der Waals surface area (Å²) in [7, 11) is 0. The lowest BCUT2D eigenvalue weighted by Crippen LogP contribution is -2.51. The summed E-state index contributed by atoms with van der Waals surface area (Å²) in [5.41, 5.74) is 6.64. The zero-order valence-electron chi connectivity index (χ0n) is 16.3. The number of nitrogens with two attached hydrogens (primary N) is 1. The molecule has 0 spiro atoms. The van der Waals surface area contributed by atoms with E-state index in [-0.39, 0.29) is 24.1 Å². The number of carbonyl (C=O) groups is 3. The molecule has 9 heteroatoms. The molecule has 1 aliphatic heterocycles. The van der Waals surface area contributed by atoms with Gasteiger partial charge in [-0.2, -0.15) is 0 Å². The molecule has 0 radical (unpaired) electrons. The van der Waals surface area contributed by atoms with E-state index in [0.717, 1.165) is 5.69 Å². The maximum Gasteiger partial charge on any atom is 0.252 e. The molecule has 2 aromatic carbocycles. The van der Waals surface area contributed by atoms with E-state index in [1.165, 1.54) is 11.8 Å². The van der Waals surface area contributed by atoms with Crippen molar-refractivity contribution in [2.24, 2.45) is 5.73 Å². The second-order valence-electron chi connectivity index (χ2n) is 6.78. The molecule has 0 atom stereocenters. The molecule has 0 bridgehead atoms. The fourth-order valence-electron chi connectivity index (χ4n) is 3.18. The Hall–Kier alpha value is -2.71. The largest absolute Gasteiger partial charge is 0.369 e. The number of halogens is 1. The SMILES string of the molecule is NC(=O)CSc1ccccc1C(=O)NCC(=O)N1CCN(c2cccc(Cl)c2)CC1. The van der Waals surface area contributed by atoms with Crippen molar-refractivity contribution >= 4 is 46.8 Å². The molecule has 0 unspecified atom stereocenters. The Labute approximate surface area is 184 Å². The van der Waals surface area contributed by atoms with Gasteiger partial charge in [0.2, 0.25) is 11.8 Å². The van der Waals surface area contributed by atoms with Crippen molar-refractivity contribution in [3.8, 4) is 0 Å². The lowest BCUT2D eigenvalue weighted by atomic mass is 10.2. The number of nitrogens with one attached hydrogen (secondary N) is 1. The number of benzene rings is 2. The Bertz CT molecular complexity index is 932. The lowest BCUT2D eigenvalue weighted by Gasteiger charge is -2.36. The fourth-order valence-corrected chi connectivity index (χ4v) is 4.15. The normalized spacial score (nSPS) is 13.8. The number of amides is 3. The van der Waals surface area contributed by atoms with Gasteiger partial charge in [-0.25, -0.2) is 0 Å². The number of rotatable bonds is 7. The van der Waals surface area contributed by atoms with E-state index < -0.39 is 5.91 Å². The van der Waals surface area contributed by atoms with Crippen LogP contribution in [0.2, 0.25) is 5.02 Å². The number of anilines is 1. The molecule has 1 aliphatic rings. The van der Waals surface area contributed by atoms with Gasteiger partial charge in [0, 0.05) is 41.8 Å². The second-order valence-corrected chi connectivity index (χ2v) is 8.24. The molecule has 0 aromatic heterocycles. The van der Waals surface area contributed by atoms with Gasteiger partial charge in [-0.3, -0.25) is 14.4 Å². The van der Waals surface area contributed by atoms with Gasteiger partial charge in [0.1, 0.15) is 0 Å². The molecule has 0 aliphatic carbocycles. The number of primary amides is 1. The van der Waals surface area contributed by atoms with Crippen LogP contribution in [0.4, 0.5) is 5.69 Å². The monoisotopic (exact) mass is 446 g/mol. The van der Waals surface area contributed by atoms with Crippen LogP contribution in [0.1, 0.15) is 10.4 Å². The first-order chi connectivity index (χ1) is 14.4. The van der Waals surface area contributed by atoms with Crippen LogP contribution in [0.5, 0.6) is 0 Å². The number of carbonyl (C=O) groups excluding carboxylic acids is 3. The summed E-state index contributed by atoms with van der Waals surface area (Å²) in [6.45, 7) is 2.47. The highest BCUT2D eigenvalue weighted by Crippen LogP contribution is 2.22. The van der Waals surface area contributed by atoms with E-state index >= 15 is 0 Å². The van der Waals surface area contributed by atoms with Gasteiger partial charge in [0.25, 0.3) is 5.91 Å². The molecule has 0 saturated carbocycles. The Kier molecular flexibility index (Phi) is 7.59. The molecule has 3 rings (SSSR count). The van der Waals surface area contributed by atoms with E-state index in [4.69, 9.17) is 17.3 Å². The van der Waals surface area contributed by atoms with E-state index in [0.29, 0.717) is 41.7 Å². The van der Waals surface area contributed by atoms with Gasteiger partial charge in [-0.05, 0) is 30.3 Å². The average molecular weight is 447 g/mol. The first kappa shape index (κ1) is 22.0. The molecule has 7 nitrogen and oxygen atoms in total. The van der Waals surface area contributed by atoms with E-state index in [1.54, 1.807) is 29.2 Å². The predicted octanol–water partition coefficient (Wildman–Crippen LogP) is 2.00. The molecular formula is C21H23ClN4O3S. The Morgan fingerprint density at radius 3 is 2.47 bits per heavy atom. The molecule has 1 heterocycles. The maximum atomic E-state index is 12.5. The third-order valence-electron chi connectivity index (χ3n) is 4.71. The van der Waals surface area contributed by atoms with E-state index in [2.05, 4.69) is 10.2 Å². The zero-order chi connectivity index (χ0) is 21.5. The van der Waals surface area contributed by atoms with Crippen molar-refractivity contribution < 1.29 is 14.4 Å². The van der Waals surface area contributed by atoms with Crippen LogP contribution in [-0.2, 0) is 9.59 Å². The number of hydrogen-bond acceptors (Lipinski definition) is 5. The van der Waals surface area contributed by atoms with Crippen LogP contribution in [-0.4, -0.2) is 61.1 Å². The lowest BCUT2D eigenvalue weighted by molar-refractivity contribution is -0.130. The average Bonchev–Trinajstić information content (AvgIpc) is 2.76. The highest BCUT2D eigenvalue weighted by atomic mass is 35.5. The standard InChI is InChI=1S/C21H23ClN4O3S/c22-15-4-3-5-16(12-15)25-8-10-26(11-9-25)20(28)13-24-21(29)17-6-1-2-7-18(17)30-14-19(23)27/h1-7,12H,8-11,13-14H2,(H2,23,27)(H,24,29). The summed E-state index contributed by atoms with van der Waals surface area (Å²) >= 11 is 7.25. The molecule has 3 N–H and O–H groups in total. The van der Waals surface area contributed by atoms with Crippen molar-refractivity contribution in [2.75, 3.05) is 43.4 Å². The number of hydrogen-bond donors (Lipinski definition) is 2. The Morgan fingerprint density at radius 2 is 1.77 bits per heavy atom.